The van der Waals surface area contributed by atoms with Crippen molar-refractivity contribution in [2.75, 3.05) is 16.5 Å². The van der Waals surface area contributed by atoms with Crippen LogP contribution in [0.1, 0.15) is 62.3 Å². The van der Waals surface area contributed by atoms with E-state index in [0.717, 1.165) is 55.6 Å². The summed E-state index contributed by atoms with van der Waals surface area (Å²) < 4.78 is 34.7. The van der Waals surface area contributed by atoms with Crippen molar-refractivity contribution < 1.29 is 8.85 Å². The van der Waals surface area contributed by atoms with Gasteiger partial charge in [-0.05, 0) is 112 Å². The molecule has 0 unspecified atom stereocenters. The second-order valence-electron chi connectivity index (χ2n) is 18.4. The number of hydrogen-bond donors (Lipinski definition) is 0. The maximum atomic E-state index is 8.65. The molecule has 0 radical (unpaired) electrons. The average molecular weight is 812 g/mol. The van der Waals surface area contributed by atoms with E-state index in [4.69, 9.17) is 13.8 Å². The van der Waals surface area contributed by atoms with Gasteiger partial charge in [0.25, 0.3) is 0 Å². The Balaban J connectivity index is 0.995. The van der Waals surface area contributed by atoms with E-state index in [-0.39, 0.29) is 16.4 Å². The lowest BCUT2D eigenvalue weighted by atomic mass is 9.80. The van der Waals surface area contributed by atoms with E-state index in [1.165, 1.54) is 16.8 Å². The van der Waals surface area contributed by atoms with Crippen LogP contribution < -0.4 is 14.5 Å². The van der Waals surface area contributed by atoms with Crippen LogP contribution in [-0.2, 0) is 10.8 Å². The molecule has 0 atom stereocenters. The Morgan fingerprint density at radius 1 is 0.516 bits per heavy atom. The second kappa shape index (κ2) is 15.1. The maximum Gasteiger partial charge on any atom is 0.137 e. The Morgan fingerprint density at radius 2 is 1.13 bits per heavy atom. The fourth-order valence-corrected chi connectivity index (χ4v) is 8.67. The third-order valence-corrected chi connectivity index (χ3v) is 12.1. The molecule has 0 aliphatic carbocycles. The predicted molar refractivity (Wildman–Crippen MR) is 260 cm³/mol. The SMILES string of the molecule is [2H]C([2H])([2H])c1cc(-n2c3ccccc3c3ccc(Oc4cccc(N5CN(c6cc(C(C)(C)C)cc(C(C)(C)C)c6)c6ccccc65)c4)cc32)ncc1-c1ccc(-c2ccccc2)cc1. The van der Waals surface area contributed by atoms with E-state index in [1.54, 1.807) is 12.3 Å². The Labute approximate surface area is 369 Å². The largest absolute Gasteiger partial charge is 0.457 e. The normalized spacial score (nSPS) is 13.9. The lowest BCUT2D eigenvalue weighted by Gasteiger charge is -2.29. The standard InChI is InChI=1S/C57H52N4O/c1-38-30-55(58-36-50(38)41-26-24-40(25-27-41)39-16-9-8-10-17-39)61-51-21-12-11-20-48(51)49-29-28-47(35-54(49)61)62-46-19-15-18-44(34-46)59-37-60(53-23-14-13-22-52(53)59)45-32-42(56(2,3)4)31-43(33-45)57(5,6)7/h8-36H,37H2,1-7H3/i1D3. The van der Waals surface area contributed by atoms with Crippen LogP contribution in [0.4, 0.5) is 22.7 Å². The molecule has 0 amide bonds. The van der Waals surface area contributed by atoms with Gasteiger partial charge in [-0.2, -0.15) is 0 Å². The number of fused-ring (bicyclic) bond motifs is 4. The summed E-state index contributed by atoms with van der Waals surface area (Å²) in [6, 6.07) is 58.1. The number of aryl methyl sites for hydroxylation is 1. The van der Waals surface area contributed by atoms with Gasteiger partial charge in [0.15, 0.2) is 0 Å². The van der Waals surface area contributed by atoms with Gasteiger partial charge in [-0.25, -0.2) is 4.98 Å². The predicted octanol–water partition coefficient (Wildman–Crippen LogP) is 15.5. The molecule has 0 N–H and O–H groups in total. The van der Waals surface area contributed by atoms with Gasteiger partial charge >= 0.3 is 0 Å². The van der Waals surface area contributed by atoms with Crippen LogP contribution in [-0.4, -0.2) is 16.2 Å². The topological polar surface area (TPSA) is 33.5 Å². The van der Waals surface area contributed by atoms with Gasteiger partial charge in [-0.1, -0.05) is 139 Å². The molecule has 0 bridgehead atoms. The Kier molecular flexibility index (Phi) is 8.68. The molecule has 0 spiro atoms. The van der Waals surface area contributed by atoms with E-state index in [2.05, 4.69) is 130 Å². The number of aromatic nitrogens is 2. The number of ether oxygens (including phenoxy) is 1. The van der Waals surface area contributed by atoms with Crippen molar-refractivity contribution in [2.24, 2.45) is 0 Å². The molecule has 5 heteroatoms. The Morgan fingerprint density at radius 3 is 1.84 bits per heavy atom. The first-order chi connectivity index (χ1) is 31.1. The fraction of sp³-hybridized carbons (Fsp3) is 0.175. The Hall–Kier alpha value is -7.11. The lowest BCUT2D eigenvalue weighted by Crippen LogP contribution is -2.25. The zero-order chi connectivity index (χ0) is 45.3. The minimum absolute atomic E-state index is 0.00358. The quantitative estimate of drug-likeness (QED) is 0.161. The lowest BCUT2D eigenvalue weighted by molar-refractivity contribution is 0.483. The highest BCUT2D eigenvalue weighted by Crippen LogP contribution is 2.46. The smallest absolute Gasteiger partial charge is 0.137 e. The van der Waals surface area contributed by atoms with Gasteiger partial charge in [0.05, 0.1) is 22.4 Å². The molecular weight excluding hydrogens is 757 g/mol. The first kappa shape index (κ1) is 35.6. The van der Waals surface area contributed by atoms with Crippen molar-refractivity contribution in [3.05, 3.63) is 193 Å². The molecule has 5 nitrogen and oxygen atoms in total. The fourth-order valence-electron chi connectivity index (χ4n) is 8.67. The number of benzene rings is 7. The molecule has 1 aliphatic rings. The van der Waals surface area contributed by atoms with Crippen LogP contribution in [0.15, 0.2) is 176 Å². The number of hydrogen-bond acceptors (Lipinski definition) is 4. The summed E-state index contributed by atoms with van der Waals surface area (Å²) in [6.07, 6.45) is 1.70. The van der Waals surface area contributed by atoms with Crippen LogP contribution in [0.5, 0.6) is 11.5 Å². The van der Waals surface area contributed by atoms with Crippen molar-refractivity contribution >= 4 is 44.6 Å². The molecular formula is C57H52N4O. The molecule has 3 heterocycles. The van der Waals surface area contributed by atoms with Gasteiger partial charge in [0.1, 0.15) is 24.0 Å². The molecule has 10 rings (SSSR count). The summed E-state index contributed by atoms with van der Waals surface area (Å²) in [7, 11) is 0. The van der Waals surface area contributed by atoms with E-state index < -0.39 is 6.85 Å². The monoisotopic (exact) mass is 811 g/mol. The van der Waals surface area contributed by atoms with Crippen molar-refractivity contribution in [1.29, 1.82) is 0 Å². The van der Waals surface area contributed by atoms with E-state index in [9.17, 15) is 0 Å². The first-order valence-electron chi connectivity index (χ1n) is 22.9. The summed E-state index contributed by atoms with van der Waals surface area (Å²) in [5.74, 6) is 1.88. The summed E-state index contributed by atoms with van der Waals surface area (Å²) in [5.41, 5.74) is 12.7. The average Bonchev–Trinajstić information content (AvgIpc) is 3.84. The van der Waals surface area contributed by atoms with Crippen LogP contribution in [0.25, 0.3) is 49.9 Å². The Bertz CT molecular complexity index is 3200. The third kappa shape index (κ3) is 7.17. The van der Waals surface area contributed by atoms with E-state index in [0.29, 0.717) is 29.5 Å². The van der Waals surface area contributed by atoms with E-state index >= 15 is 0 Å². The minimum atomic E-state index is -2.39. The zero-order valence-electron chi connectivity index (χ0n) is 39.1. The van der Waals surface area contributed by atoms with Gasteiger partial charge in [0.2, 0.25) is 0 Å². The van der Waals surface area contributed by atoms with Crippen molar-refractivity contribution in [3.8, 4) is 39.6 Å². The third-order valence-electron chi connectivity index (χ3n) is 12.1. The summed E-state index contributed by atoms with van der Waals surface area (Å²) in [4.78, 5) is 9.73. The van der Waals surface area contributed by atoms with Crippen molar-refractivity contribution in [1.82, 2.24) is 9.55 Å². The first-order valence-corrected chi connectivity index (χ1v) is 21.4. The van der Waals surface area contributed by atoms with Crippen LogP contribution in [0.2, 0.25) is 0 Å². The molecule has 9 aromatic rings. The van der Waals surface area contributed by atoms with Gasteiger partial charge in [-0.15, -0.1) is 0 Å². The highest BCUT2D eigenvalue weighted by molar-refractivity contribution is 6.09. The van der Waals surface area contributed by atoms with E-state index in [1.807, 2.05) is 89.5 Å². The molecule has 7 aromatic carbocycles. The molecule has 1 aliphatic heterocycles. The minimum Gasteiger partial charge on any atom is -0.457 e. The number of rotatable bonds is 7. The summed E-state index contributed by atoms with van der Waals surface area (Å²) in [5, 5.41) is 2.05. The molecule has 62 heavy (non-hydrogen) atoms. The molecule has 2 aromatic heterocycles. The molecule has 0 fully saturated rings. The molecule has 0 saturated carbocycles. The van der Waals surface area contributed by atoms with Gasteiger partial charge in [-0.3, -0.25) is 4.57 Å². The molecule has 0 saturated heterocycles. The van der Waals surface area contributed by atoms with Gasteiger partial charge < -0.3 is 14.5 Å². The van der Waals surface area contributed by atoms with Crippen molar-refractivity contribution in [2.45, 2.75) is 59.2 Å². The summed E-state index contributed by atoms with van der Waals surface area (Å²) in [6.45, 7) is 11.9. The number of anilines is 4. The second-order valence-corrected chi connectivity index (χ2v) is 18.4. The number of pyridine rings is 1. The van der Waals surface area contributed by atoms with Crippen LogP contribution in [0, 0.1) is 6.85 Å². The highest BCUT2D eigenvalue weighted by atomic mass is 16.5. The van der Waals surface area contributed by atoms with Crippen molar-refractivity contribution in [3.63, 3.8) is 0 Å². The summed E-state index contributed by atoms with van der Waals surface area (Å²) >= 11 is 0. The van der Waals surface area contributed by atoms with Crippen LogP contribution in [0.3, 0.4) is 0 Å². The zero-order valence-corrected chi connectivity index (χ0v) is 36.1. The van der Waals surface area contributed by atoms with Gasteiger partial charge in [0, 0.05) is 50.2 Å². The number of nitrogens with zero attached hydrogens (tertiary/aromatic N) is 4. The highest BCUT2D eigenvalue weighted by Gasteiger charge is 2.30. The maximum absolute atomic E-state index is 8.65. The van der Waals surface area contributed by atoms with Crippen LogP contribution >= 0.6 is 0 Å². The number of para-hydroxylation sites is 3. The molecule has 306 valence electrons.